The highest BCUT2D eigenvalue weighted by molar-refractivity contribution is 5.42. The zero-order valence-electron chi connectivity index (χ0n) is 13.9. The van der Waals surface area contributed by atoms with Crippen molar-refractivity contribution in [2.45, 2.75) is 51.2 Å². The number of aryl methyl sites for hydroxylation is 1. The second-order valence-electron chi connectivity index (χ2n) is 6.56. The smallest absolute Gasteiger partial charge is 0.128 e. The molecule has 2 rings (SSSR count). The van der Waals surface area contributed by atoms with Crippen LogP contribution < -0.4 is 4.90 Å². The number of hydrogen-bond acceptors (Lipinski definition) is 4. The van der Waals surface area contributed by atoms with E-state index in [2.05, 4.69) is 37.9 Å². The van der Waals surface area contributed by atoms with Crippen LogP contribution in [0.4, 0.5) is 5.82 Å². The van der Waals surface area contributed by atoms with Gasteiger partial charge in [-0.3, -0.25) is 0 Å². The van der Waals surface area contributed by atoms with Crippen LogP contribution in [0.5, 0.6) is 0 Å². The van der Waals surface area contributed by atoms with Gasteiger partial charge in [0.2, 0.25) is 0 Å². The topological polar surface area (TPSA) is 39.6 Å². The van der Waals surface area contributed by atoms with Gasteiger partial charge in [0.15, 0.2) is 0 Å². The number of rotatable bonds is 7. The number of anilines is 1. The molecule has 0 radical (unpaired) electrons. The van der Waals surface area contributed by atoms with Crippen molar-refractivity contribution in [2.24, 2.45) is 0 Å². The van der Waals surface area contributed by atoms with Crippen LogP contribution in [0.2, 0.25) is 0 Å². The van der Waals surface area contributed by atoms with Crippen LogP contribution in [-0.4, -0.2) is 48.2 Å². The molecule has 0 unspecified atom stereocenters. The molecule has 1 saturated carbocycles. The molecule has 0 atom stereocenters. The molecule has 1 heterocycles. The molecule has 1 aromatic rings. The van der Waals surface area contributed by atoms with E-state index in [4.69, 9.17) is 4.98 Å². The van der Waals surface area contributed by atoms with Gasteiger partial charge in [0.05, 0.1) is 6.61 Å². The summed E-state index contributed by atoms with van der Waals surface area (Å²) >= 11 is 0. The second-order valence-corrected chi connectivity index (χ2v) is 6.56. The van der Waals surface area contributed by atoms with E-state index in [0.29, 0.717) is 0 Å². The number of nitrogens with zero attached hydrogens (tertiary/aromatic N) is 3. The van der Waals surface area contributed by atoms with Gasteiger partial charge < -0.3 is 14.9 Å². The van der Waals surface area contributed by atoms with Crippen molar-refractivity contribution in [3.05, 3.63) is 23.4 Å². The molecule has 0 saturated heterocycles. The van der Waals surface area contributed by atoms with Crippen LogP contribution in [0.3, 0.4) is 0 Å². The zero-order valence-corrected chi connectivity index (χ0v) is 13.9. The molecule has 21 heavy (non-hydrogen) atoms. The molecule has 0 bridgehead atoms. The maximum atomic E-state index is 9.46. The number of hydrogen-bond donors (Lipinski definition) is 1. The summed E-state index contributed by atoms with van der Waals surface area (Å²) in [5, 5.41) is 9.46. The molecule has 0 amide bonds. The Labute approximate surface area is 128 Å². The van der Waals surface area contributed by atoms with Gasteiger partial charge in [-0.05, 0) is 57.5 Å². The molecule has 4 nitrogen and oxygen atoms in total. The van der Waals surface area contributed by atoms with Crippen molar-refractivity contribution in [1.82, 2.24) is 9.88 Å². The molecular weight excluding hydrogens is 262 g/mol. The Morgan fingerprint density at radius 1 is 1.24 bits per heavy atom. The summed E-state index contributed by atoms with van der Waals surface area (Å²) < 4.78 is 0. The quantitative estimate of drug-likeness (QED) is 0.837. The molecule has 1 aliphatic carbocycles. The number of pyridine rings is 1. The maximum Gasteiger partial charge on any atom is 0.128 e. The van der Waals surface area contributed by atoms with Crippen molar-refractivity contribution in [2.75, 3.05) is 32.6 Å². The molecule has 4 heteroatoms. The molecule has 118 valence electrons. The molecule has 1 aromatic heterocycles. The fourth-order valence-electron chi connectivity index (χ4n) is 3.16. The van der Waals surface area contributed by atoms with E-state index in [1.807, 2.05) is 12.1 Å². The van der Waals surface area contributed by atoms with E-state index in [9.17, 15) is 5.11 Å². The summed E-state index contributed by atoms with van der Waals surface area (Å²) in [7, 11) is 6.46. The third kappa shape index (κ3) is 3.55. The van der Waals surface area contributed by atoms with E-state index in [1.165, 1.54) is 19.3 Å². The first-order chi connectivity index (χ1) is 10.0. The SMILES string of the molecule is CCCc1cc(CO)cc(N(C)CC2(N(C)C)CCC2)n1. The van der Waals surface area contributed by atoms with E-state index in [-0.39, 0.29) is 12.1 Å². The van der Waals surface area contributed by atoms with Gasteiger partial charge >= 0.3 is 0 Å². The van der Waals surface area contributed by atoms with Crippen LogP contribution in [0.15, 0.2) is 12.1 Å². The third-order valence-corrected chi connectivity index (χ3v) is 4.77. The Morgan fingerprint density at radius 2 is 1.95 bits per heavy atom. The molecule has 0 aromatic carbocycles. The maximum absolute atomic E-state index is 9.46. The zero-order chi connectivity index (χ0) is 15.5. The summed E-state index contributed by atoms with van der Waals surface area (Å²) in [6.07, 6.45) is 5.87. The largest absolute Gasteiger partial charge is 0.392 e. The fraction of sp³-hybridized carbons (Fsp3) is 0.706. The summed E-state index contributed by atoms with van der Waals surface area (Å²) in [5.41, 5.74) is 2.33. The second kappa shape index (κ2) is 6.75. The van der Waals surface area contributed by atoms with Crippen molar-refractivity contribution in [1.29, 1.82) is 0 Å². The lowest BCUT2D eigenvalue weighted by Gasteiger charge is -2.49. The summed E-state index contributed by atoms with van der Waals surface area (Å²) in [4.78, 5) is 9.37. The molecule has 0 spiro atoms. The predicted molar refractivity (Wildman–Crippen MR) is 87.7 cm³/mol. The van der Waals surface area contributed by atoms with E-state index < -0.39 is 0 Å². The molecular formula is C17H29N3O. The summed E-state index contributed by atoms with van der Waals surface area (Å²) in [5.74, 6) is 0.984. The van der Waals surface area contributed by atoms with E-state index in [1.54, 1.807) is 0 Å². The summed E-state index contributed by atoms with van der Waals surface area (Å²) in [6, 6.07) is 4.03. The molecule has 1 fully saturated rings. The Morgan fingerprint density at radius 3 is 2.43 bits per heavy atom. The van der Waals surface area contributed by atoms with Crippen LogP contribution in [0, 0.1) is 0 Å². The monoisotopic (exact) mass is 291 g/mol. The number of aliphatic hydroxyl groups excluding tert-OH is 1. The number of aliphatic hydroxyl groups is 1. The molecule has 1 N–H and O–H groups in total. The lowest BCUT2D eigenvalue weighted by Crippen LogP contribution is -2.56. The van der Waals surface area contributed by atoms with Crippen LogP contribution in [0.25, 0.3) is 0 Å². The third-order valence-electron chi connectivity index (χ3n) is 4.77. The van der Waals surface area contributed by atoms with Gasteiger partial charge in [-0.2, -0.15) is 0 Å². The highest BCUT2D eigenvalue weighted by atomic mass is 16.3. The first-order valence-electron chi connectivity index (χ1n) is 8.00. The number of aromatic nitrogens is 1. The Bertz CT molecular complexity index is 469. The van der Waals surface area contributed by atoms with Gasteiger partial charge in [-0.15, -0.1) is 0 Å². The van der Waals surface area contributed by atoms with E-state index in [0.717, 1.165) is 36.5 Å². The van der Waals surface area contributed by atoms with Gasteiger partial charge in [0.25, 0.3) is 0 Å². The lowest BCUT2D eigenvalue weighted by atomic mass is 9.75. The normalized spacial score (nSPS) is 16.9. The Hall–Kier alpha value is -1.13. The van der Waals surface area contributed by atoms with Crippen molar-refractivity contribution < 1.29 is 5.11 Å². The number of likely N-dealkylation sites (N-methyl/N-ethyl adjacent to an activating group) is 2. The average molecular weight is 291 g/mol. The minimum absolute atomic E-state index is 0.0822. The lowest BCUT2D eigenvalue weighted by molar-refractivity contribution is 0.0681. The van der Waals surface area contributed by atoms with Crippen LogP contribution in [-0.2, 0) is 13.0 Å². The molecule has 1 aliphatic rings. The van der Waals surface area contributed by atoms with Crippen molar-refractivity contribution in [3.8, 4) is 0 Å². The predicted octanol–water partition coefficient (Wildman–Crippen LogP) is 2.45. The van der Waals surface area contributed by atoms with E-state index >= 15 is 0 Å². The Kier molecular flexibility index (Phi) is 5.22. The van der Waals surface area contributed by atoms with Gasteiger partial charge in [-0.1, -0.05) is 13.3 Å². The van der Waals surface area contributed by atoms with Gasteiger partial charge in [0.1, 0.15) is 5.82 Å². The first-order valence-corrected chi connectivity index (χ1v) is 8.00. The highest BCUT2D eigenvalue weighted by Crippen LogP contribution is 2.37. The van der Waals surface area contributed by atoms with Crippen LogP contribution >= 0.6 is 0 Å². The fourth-order valence-corrected chi connectivity index (χ4v) is 3.16. The van der Waals surface area contributed by atoms with Crippen molar-refractivity contribution >= 4 is 5.82 Å². The minimum atomic E-state index is 0.0822. The van der Waals surface area contributed by atoms with Crippen LogP contribution in [0.1, 0.15) is 43.9 Å². The average Bonchev–Trinajstić information content (AvgIpc) is 2.42. The highest BCUT2D eigenvalue weighted by Gasteiger charge is 2.40. The molecule has 0 aliphatic heterocycles. The first kappa shape index (κ1) is 16.2. The minimum Gasteiger partial charge on any atom is -0.392 e. The van der Waals surface area contributed by atoms with Gasteiger partial charge in [-0.25, -0.2) is 4.98 Å². The standard InChI is InChI=1S/C17H29N3O/c1-5-7-15-10-14(12-21)11-16(18-15)20(4)13-17(19(2)3)8-6-9-17/h10-11,21H,5-9,12-13H2,1-4H3. The summed E-state index contributed by atoms with van der Waals surface area (Å²) in [6.45, 7) is 3.23. The van der Waals surface area contributed by atoms with Crippen molar-refractivity contribution in [3.63, 3.8) is 0 Å². The van der Waals surface area contributed by atoms with Gasteiger partial charge in [0, 0.05) is 24.8 Å². The Balaban J connectivity index is 2.17.